The number of carbonyl (C=O) groups is 1. The molecule has 2 aliphatic rings. The molecule has 2 N–H and O–H groups in total. The van der Waals surface area contributed by atoms with Gasteiger partial charge in [-0.2, -0.15) is 0 Å². The monoisotopic (exact) mass is 240 g/mol. The first-order valence-corrected chi connectivity index (χ1v) is 6.63. The first-order valence-electron chi connectivity index (χ1n) is 6.63. The number of likely N-dealkylation sites (tertiary alicyclic amines) is 1. The number of nitrogens with zero attached hydrogens (tertiary/aromatic N) is 1. The van der Waals surface area contributed by atoms with Crippen molar-refractivity contribution in [3.05, 3.63) is 0 Å². The van der Waals surface area contributed by atoms with Crippen molar-refractivity contribution < 1.29 is 9.53 Å². The van der Waals surface area contributed by atoms with Crippen LogP contribution < -0.4 is 5.73 Å². The second-order valence-corrected chi connectivity index (χ2v) is 6.03. The molecule has 0 aliphatic carbocycles. The Bertz CT molecular complexity index is 285. The van der Waals surface area contributed by atoms with Crippen molar-refractivity contribution in [2.75, 3.05) is 26.3 Å². The molecule has 0 aromatic carbocycles. The summed E-state index contributed by atoms with van der Waals surface area (Å²) >= 11 is 0. The van der Waals surface area contributed by atoms with Crippen LogP contribution in [0.5, 0.6) is 0 Å². The molecule has 1 amide bonds. The summed E-state index contributed by atoms with van der Waals surface area (Å²) < 4.78 is 5.30. The fourth-order valence-corrected chi connectivity index (χ4v) is 2.76. The molecule has 17 heavy (non-hydrogen) atoms. The maximum Gasteiger partial charge on any atom is 0.225 e. The average Bonchev–Trinajstić information content (AvgIpc) is 2.33. The Labute approximate surface area is 103 Å². The normalized spacial score (nSPS) is 30.3. The molecule has 4 nitrogen and oxygen atoms in total. The Morgan fingerprint density at radius 3 is 2.53 bits per heavy atom. The van der Waals surface area contributed by atoms with E-state index < -0.39 is 0 Å². The van der Waals surface area contributed by atoms with Crippen LogP contribution in [0.1, 0.15) is 33.1 Å². The Balaban J connectivity index is 1.95. The molecular formula is C13H24N2O2. The van der Waals surface area contributed by atoms with E-state index in [-0.39, 0.29) is 17.4 Å². The van der Waals surface area contributed by atoms with Crippen LogP contribution in [0.25, 0.3) is 0 Å². The lowest BCUT2D eigenvalue weighted by atomic mass is 9.79. The minimum absolute atomic E-state index is 0.0408. The molecular weight excluding hydrogens is 216 g/mol. The molecule has 0 spiro atoms. The van der Waals surface area contributed by atoms with Crippen LogP contribution >= 0.6 is 0 Å². The standard InChI is InChI=1S/C13H24N2O2/c1-13(2)9-15(6-3-11(13)14)12(16)10-4-7-17-8-5-10/h10-11H,3-9,14H2,1-2H3. The number of nitrogens with two attached hydrogens (primary N) is 1. The van der Waals surface area contributed by atoms with Crippen molar-refractivity contribution >= 4 is 5.91 Å². The number of piperidine rings is 1. The predicted octanol–water partition coefficient (Wildman–Crippen LogP) is 0.999. The highest BCUT2D eigenvalue weighted by atomic mass is 16.5. The quantitative estimate of drug-likeness (QED) is 0.744. The molecule has 2 aliphatic heterocycles. The summed E-state index contributed by atoms with van der Waals surface area (Å²) in [7, 11) is 0. The minimum atomic E-state index is 0.0408. The van der Waals surface area contributed by atoms with Crippen molar-refractivity contribution in [2.45, 2.75) is 39.2 Å². The zero-order chi connectivity index (χ0) is 12.5. The number of carbonyl (C=O) groups excluding carboxylic acids is 1. The predicted molar refractivity (Wildman–Crippen MR) is 66.5 cm³/mol. The van der Waals surface area contributed by atoms with Crippen molar-refractivity contribution in [1.29, 1.82) is 0 Å². The Morgan fingerprint density at radius 2 is 1.94 bits per heavy atom. The molecule has 98 valence electrons. The van der Waals surface area contributed by atoms with Crippen molar-refractivity contribution in [3.63, 3.8) is 0 Å². The molecule has 0 aromatic rings. The molecule has 2 heterocycles. The van der Waals surface area contributed by atoms with E-state index >= 15 is 0 Å². The van der Waals surface area contributed by atoms with Crippen LogP contribution in [0.3, 0.4) is 0 Å². The van der Waals surface area contributed by atoms with Crippen LogP contribution in [0.4, 0.5) is 0 Å². The summed E-state index contributed by atoms with van der Waals surface area (Å²) in [6.45, 7) is 7.38. The van der Waals surface area contributed by atoms with Crippen LogP contribution in [-0.2, 0) is 9.53 Å². The molecule has 4 heteroatoms. The summed E-state index contributed by atoms with van der Waals surface area (Å²) in [5.41, 5.74) is 6.14. The third-order valence-electron chi connectivity index (χ3n) is 4.19. The van der Waals surface area contributed by atoms with Crippen LogP contribution in [-0.4, -0.2) is 43.2 Å². The van der Waals surface area contributed by atoms with E-state index in [1.807, 2.05) is 4.90 Å². The molecule has 0 bridgehead atoms. The molecule has 0 aromatic heterocycles. The van der Waals surface area contributed by atoms with Crippen molar-refractivity contribution in [3.8, 4) is 0 Å². The molecule has 2 saturated heterocycles. The fourth-order valence-electron chi connectivity index (χ4n) is 2.76. The van der Waals surface area contributed by atoms with Gasteiger partial charge in [0.2, 0.25) is 5.91 Å². The van der Waals surface area contributed by atoms with E-state index in [9.17, 15) is 4.79 Å². The lowest BCUT2D eigenvalue weighted by Gasteiger charge is -2.43. The average molecular weight is 240 g/mol. The highest BCUT2D eigenvalue weighted by Crippen LogP contribution is 2.29. The van der Waals surface area contributed by atoms with E-state index in [0.717, 1.165) is 45.6 Å². The number of amides is 1. The van der Waals surface area contributed by atoms with Gasteiger partial charge in [-0.25, -0.2) is 0 Å². The van der Waals surface area contributed by atoms with Crippen molar-refractivity contribution in [1.82, 2.24) is 4.90 Å². The largest absolute Gasteiger partial charge is 0.381 e. The fraction of sp³-hybridized carbons (Fsp3) is 0.923. The molecule has 0 radical (unpaired) electrons. The summed E-state index contributed by atoms with van der Waals surface area (Å²) in [4.78, 5) is 14.4. The van der Waals surface area contributed by atoms with Gasteiger partial charge >= 0.3 is 0 Å². The van der Waals surface area contributed by atoms with Crippen LogP contribution in [0.2, 0.25) is 0 Å². The number of hydrogen-bond donors (Lipinski definition) is 1. The van der Waals surface area contributed by atoms with Gasteiger partial charge in [-0.05, 0) is 24.7 Å². The summed E-state index contributed by atoms with van der Waals surface area (Å²) in [5, 5.41) is 0. The third kappa shape index (κ3) is 2.80. The van der Waals surface area contributed by atoms with Crippen LogP contribution in [0.15, 0.2) is 0 Å². The van der Waals surface area contributed by atoms with Gasteiger partial charge in [0, 0.05) is 38.3 Å². The van der Waals surface area contributed by atoms with E-state index in [1.165, 1.54) is 0 Å². The second-order valence-electron chi connectivity index (χ2n) is 6.03. The maximum atomic E-state index is 12.4. The minimum Gasteiger partial charge on any atom is -0.381 e. The van der Waals surface area contributed by atoms with Gasteiger partial charge in [-0.15, -0.1) is 0 Å². The second kappa shape index (κ2) is 4.94. The van der Waals surface area contributed by atoms with Gasteiger partial charge in [-0.3, -0.25) is 4.79 Å². The molecule has 1 unspecified atom stereocenters. The topological polar surface area (TPSA) is 55.6 Å². The van der Waals surface area contributed by atoms with Gasteiger partial charge in [0.15, 0.2) is 0 Å². The van der Waals surface area contributed by atoms with E-state index in [4.69, 9.17) is 10.5 Å². The highest BCUT2D eigenvalue weighted by molar-refractivity contribution is 5.79. The van der Waals surface area contributed by atoms with E-state index in [1.54, 1.807) is 0 Å². The number of ether oxygens (including phenoxy) is 1. The highest BCUT2D eigenvalue weighted by Gasteiger charge is 2.37. The summed E-state index contributed by atoms with van der Waals surface area (Å²) in [5.74, 6) is 0.488. The molecule has 2 fully saturated rings. The Hall–Kier alpha value is -0.610. The first kappa shape index (κ1) is 12.8. The zero-order valence-corrected chi connectivity index (χ0v) is 10.9. The molecule has 0 saturated carbocycles. The van der Waals surface area contributed by atoms with Gasteiger partial charge in [0.1, 0.15) is 0 Å². The smallest absolute Gasteiger partial charge is 0.225 e. The Morgan fingerprint density at radius 1 is 1.29 bits per heavy atom. The van der Waals surface area contributed by atoms with Gasteiger partial charge in [-0.1, -0.05) is 13.8 Å². The van der Waals surface area contributed by atoms with Gasteiger partial charge in [0.25, 0.3) is 0 Å². The zero-order valence-electron chi connectivity index (χ0n) is 10.9. The lowest BCUT2D eigenvalue weighted by Crippen LogP contribution is -2.55. The number of hydrogen-bond acceptors (Lipinski definition) is 3. The molecule has 2 rings (SSSR count). The van der Waals surface area contributed by atoms with Crippen molar-refractivity contribution in [2.24, 2.45) is 17.1 Å². The Kier molecular flexibility index (Phi) is 3.73. The maximum absolute atomic E-state index is 12.4. The van der Waals surface area contributed by atoms with E-state index in [0.29, 0.717) is 5.91 Å². The van der Waals surface area contributed by atoms with Gasteiger partial charge in [0.05, 0.1) is 0 Å². The first-order chi connectivity index (χ1) is 8.00. The lowest BCUT2D eigenvalue weighted by molar-refractivity contribution is -0.142. The van der Waals surface area contributed by atoms with Crippen LogP contribution in [0, 0.1) is 11.3 Å². The molecule has 1 atom stereocenters. The van der Waals surface area contributed by atoms with Gasteiger partial charge < -0.3 is 15.4 Å². The van der Waals surface area contributed by atoms with E-state index in [2.05, 4.69) is 13.8 Å². The third-order valence-corrected chi connectivity index (χ3v) is 4.19. The number of rotatable bonds is 1. The summed E-state index contributed by atoms with van der Waals surface area (Å²) in [6.07, 6.45) is 2.67. The summed E-state index contributed by atoms with van der Waals surface area (Å²) in [6, 6.07) is 0.209. The SMILES string of the molecule is CC1(C)CN(C(=O)C2CCOCC2)CCC1N.